The lowest BCUT2D eigenvalue weighted by molar-refractivity contribution is -0.127. The number of benzene rings is 1. The molecule has 0 atom stereocenters. The molecule has 3 aromatic rings. The van der Waals surface area contributed by atoms with E-state index >= 15 is 0 Å². The van der Waals surface area contributed by atoms with Crippen molar-refractivity contribution in [3.05, 3.63) is 69.4 Å². The molecule has 2 amide bonds. The van der Waals surface area contributed by atoms with Crippen molar-refractivity contribution in [1.29, 1.82) is 0 Å². The van der Waals surface area contributed by atoms with Gasteiger partial charge in [0.2, 0.25) is 5.91 Å². The molecule has 1 aromatic carbocycles. The number of carbonyl (C=O) groups is 2. The minimum absolute atomic E-state index is 0.109. The van der Waals surface area contributed by atoms with Crippen LogP contribution in [-0.2, 0) is 17.8 Å². The molecule has 0 radical (unpaired) electrons. The summed E-state index contributed by atoms with van der Waals surface area (Å²) < 4.78 is 14.6. The van der Waals surface area contributed by atoms with Gasteiger partial charge < -0.3 is 25.6 Å². The molecular formula is C25H28FN5O4. The van der Waals surface area contributed by atoms with Gasteiger partial charge in [0.25, 0.3) is 11.5 Å². The van der Waals surface area contributed by atoms with Crippen LogP contribution in [0.1, 0.15) is 40.7 Å². The zero-order valence-electron chi connectivity index (χ0n) is 19.3. The number of hydrogen-bond donors (Lipinski definition) is 3. The topological polar surface area (TPSA) is 131 Å². The number of halogens is 1. The van der Waals surface area contributed by atoms with Crippen LogP contribution in [0, 0.1) is 5.82 Å². The number of amides is 2. The quantitative estimate of drug-likeness (QED) is 0.398. The highest BCUT2D eigenvalue weighted by molar-refractivity contribution is 6.01. The third-order valence-electron chi connectivity index (χ3n) is 6.10. The summed E-state index contributed by atoms with van der Waals surface area (Å²) in [6, 6.07) is 7.78. The lowest BCUT2D eigenvalue weighted by atomic mass is 10.1. The molecule has 0 unspecified atom stereocenters. The molecule has 1 aliphatic heterocycles. The molecule has 10 heteroatoms. The fourth-order valence-corrected chi connectivity index (χ4v) is 4.34. The summed E-state index contributed by atoms with van der Waals surface area (Å²) in [5.41, 5.74) is 6.76. The molecule has 9 nitrogen and oxygen atoms in total. The van der Waals surface area contributed by atoms with Crippen LogP contribution in [-0.4, -0.2) is 57.6 Å². The lowest BCUT2D eigenvalue weighted by Crippen LogP contribution is -2.36. The van der Waals surface area contributed by atoms with E-state index < -0.39 is 17.2 Å². The Hall–Kier alpha value is -3.79. The summed E-state index contributed by atoms with van der Waals surface area (Å²) in [5, 5.41) is 13.5. The van der Waals surface area contributed by atoms with Crippen LogP contribution in [0.25, 0.3) is 11.0 Å². The van der Waals surface area contributed by atoms with Gasteiger partial charge in [0.15, 0.2) is 5.75 Å². The maximum absolute atomic E-state index is 13.2. The summed E-state index contributed by atoms with van der Waals surface area (Å²) >= 11 is 0. The summed E-state index contributed by atoms with van der Waals surface area (Å²) in [6.07, 6.45) is 3.93. The second-order valence-electron chi connectivity index (χ2n) is 8.58. The molecule has 1 fully saturated rings. The van der Waals surface area contributed by atoms with Crippen molar-refractivity contribution >= 4 is 22.8 Å². The van der Waals surface area contributed by atoms with Gasteiger partial charge in [-0.05, 0) is 48.6 Å². The zero-order chi connectivity index (χ0) is 24.9. The van der Waals surface area contributed by atoms with Gasteiger partial charge >= 0.3 is 0 Å². The van der Waals surface area contributed by atoms with Crippen LogP contribution in [0.5, 0.6) is 5.75 Å². The Bertz CT molecular complexity index is 1310. The number of nitrogens with zero attached hydrogens (tertiary/aromatic N) is 3. The second-order valence-corrected chi connectivity index (χ2v) is 8.58. The fourth-order valence-electron chi connectivity index (χ4n) is 4.34. The molecule has 0 aliphatic carbocycles. The molecule has 0 saturated carbocycles. The number of carbonyl (C=O) groups excluding carboxylic acids is 2. The number of rotatable bonds is 9. The van der Waals surface area contributed by atoms with E-state index in [-0.39, 0.29) is 42.4 Å². The highest BCUT2D eigenvalue weighted by Gasteiger charge is 2.24. The first-order valence-corrected chi connectivity index (χ1v) is 11.6. The molecule has 2 aromatic heterocycles. The number of hydrogen-bond acceptors (Lipinski definition) is 6. The molecular weight excluding hydrogens is 453 g/mol. The summed E-state index contributed by atoms with van der Waals surface area (Å²) in [7, 11) is 0. The molecule has 4 N–H and O–H groups in total. The number of pyridine rings is 2. The van der Waals surface area contributed by atoms with Gasteiger partial charge in [-0.1, -0.05) is 12.1 Å². The first kappa shape index (κ1) is 24.3. The van der Waals surface area contributed by atoms with E-state index in [1.807, 2.05) is 0 Å². The predicted octanol–water partition coefficient (Wildman–Crippen LogP) is 1.53. The number of likely N-dealkylation sites (tertiary alicyclic amines) is 1. The molecule has 0 spiro atoms. The van der Waals surface area contributed by atoms with Crippen molar-refractivity contribution in [3.63, 3.8) is 0 Å². The van der Waals surface area contributed by atoms with Gasteiger partial charge in [0.05, 0.1) is 5.52 Å². The van der Waals surface area contributed by atoms with Gasteiger partial charge in [-0.25, -0.2) is 4.39 Å². The van der Waals surface area contributed by atoms with Crippen molar-refractivity contribution < 1.29 is 19.1 Å². The highest BCUT2D eigenvalue weighted by atomic mass is 19.1. The highest BCUT2D eigenvalue weighted by Crippen LogP contribution is 2.26. The van der Waals surface area contributed by atoms with E-state index in [1.165, 1.54) is 16.7 Å². The molecule has 1 saturated heterocycles. The fraction of sp³-hybridized carbons (Fsp3) is 0.360. The van der Waals surface area contributed by atoms with Crippen LogP contribution in [0.3, 0.4) is 0 Å². The predicted molar refractivity (Wildman–Crippen MR) is 129 cm³/mol. The second kappa shape index (κ2) is 10.6. The summed E-state index contributed by atoms with van der Waals surface area (Å²) in [5.74, 6) is -1.41. The Kier molecular flexibility index (Phi) is 7.40. The van der Waals surface area contributed by atoms with Gasteiger partial charge in [-0.3, -0.25) is 19.4 Å². The minimum atomic E-state index is -0.704. The van der Waals surface area contributed by atoms with Gasteiger partial charge in [0.1, 0.15) is 16.9 Å². The monoisotopic (exact) mass is 481 g/mol. The summed E-state index contributed by atoms with van der Waals surface area (Å²) in [4.78, 5) is 43.8. The Labute approximate surface area is 201 Å². The molecule has 35 heavy (non-hydrogen) atoms. The van der Waals surface area contributed by atoms with Gasteiger partial charge in [-0.2, -0.15) is 0 Å². The largest absolute Gasteiger partial charge is 0.505 e. The van der Waals surface area contributed by atoms with E-state index in [9.17, 15) is 23.9 Å². The molecule has 3 heterocycles. The standard InChI is InChI=1S/C25H28FN5O4/c26-18-6-4-16(5-7-18)13-17-14-19-22(29-15-17)23(33)21(25(35)31(19)12-8-27)24(34)28-9-2-11-30-10-1-3-20(30)32/h4-7,14-15,33H,1-3,8-13,27H2,(H,28,34). The summed E-state index contributed by atoms with van der Waals surface area (Å²) in [6.45, 7) is 1.78. The number of aromatic nitrogens is 2. The molecule has 4 rings (SSSR count). The zero-order valence-corrected chi connectivity index (χ0v) is 19.3. The average Bonchev–Trinajstić information content (AvgIpc) is 3.25. The van der Waals surface area contributed by atoms with Crippen LogP contribution in [0.4, 0.5) is 4.39 Å². The Balaban J connectivity index is 1.58. The van der Waals surface area contributed by atoms with E-state index in [4.69, 9.17) is 5.73 Å². The third kappa shape index (κ3) is 5.32. The van der Waals surface area contributed by atoms with Crippen molar-refractivity contribution in [1.82, 2.24) is 19.8 Å². The average molecular weight is 482 g/mol. The van der Waals surface area contributed by atoms with E-state index in [0.29, 0.717) is 31.3 Å². The van der Waals surface area contributed by atoms with Crippen LogP contribution >= 0.6 is 0 Å². The normalized spacial score (nSPS) is 13.5. The maximum Gasteiger partial charge on any atom is 0.267 e. The van der Waals surface area contributed by atoms with Crippen LogP contribution < -0.4 is 16.6 Å². The number of nitrogens with two attached hydrogens (primary N) is 1. The number of aromatic hydroxyl groups is 1. The van der Waals surface area contributed by atoms with Crippen LogP contribution in [0.2, 0.25) is 0 Å². The Morgan fingerprint density at radius 1 is 1.17 bits per heavy atom. The Morgan fingerprint density at radius 2 is 1.94 bits per heavy atom. The van der Waals surface area contributed by atoms with Crippen molar-refractivity contribution in [3.8, 4) is 5.75 Å². The molecule has 184 valence electrons. The lowest BCUT2D eigenvalue weighted by Gasteiger charge is -2.16. The molecule has 0 bridgehead atoms. The van der Waals surface area contributed by atoms with E-state index in [2.05, 4.69) is 10.3 Å². The number of nitrogens with one attached hydrogen (secondary N) is 1. The van der Waals surface area contributed by atoms with Crippen molar-refractivity contribution in [2.75, 3.05) is 26.2 Å². The van der Waals surface area contributed by atoms with E-state index in [0.717, 1.165) is 24.1 Å². The van der Waals surface area contributed by atoms with Gasteiger partial charge in [0, 0.05) is 45.3 Å². The number of fused-ring (bicyclic) bond motifs is 1. The first-order valence-electron chi connectivity index (χ1n) is 11.6. The maximum atomic E-state index is 13.2. The van der Waals surface area contributed by atoms with Crippen molar-refractivity contribution in [2.24, 2.45) is 5.73 Å². The third-order valence-corrected chi connectivity index (χ3v) is 6.10. The SMILES string of the molecule is NCCn1c(=O)c(C(=O)NCCCN2CCCC2=O)c(O)c2ncc(Cc3ccc(F)cc3)cc21. The van der Waals surface area contributed by atoms with Gasteiger partial charge in [-0.15, -0.1) is 0 Å². The minimum Gasteiger partial charge on any atom is -0.505 e. The smallest absolute Gasteiger partial charge is 0.267 e. The van der Waals surface area contributed by atoms with Crippen molar-refractivity contribution in [2.45, 2.75) is 32.2 Å². The van der Waals surface area contributed by atoms with E-state index in [1.54, 1.807) is 29.3 Å². The molecule has 1 aliphatic rings. The Morgan fingerprint density at radius 3 is 2.63 bits per heavy atom. The first-order chi connectivity index (χ1) is 16.9. The van der Waals surface area contributed by atoms with Crippen LogP contribution in [0.15, 0.2) is 41.3 Å².